The Hall–Kier alpha value is -3.49. The molecule has 0 aliphatic carbocycles. The topological polar surface area (TPSA) is 84.5 Å². The van der Waals surface area contributed by atoms with E-state index < -0.39 is 13.9 Å². The molecule has 1 N–H and O–H groups in total. The number of carbonyl (C=O) groups excluding carboxylic acids is 2. The lowest BCUT2D eigenvalue weighted by Gasteiger charge is -2.43. The van der Waals surface area contributed by atoms with Gasteiger partial charge in [-0.3, -0.25) is 9.89 Å². The van der Waals surface area contributed by atoms with Gasteiger partial charge in [-0.1, -0.05) is 93.6 Å². The SMILES string of the molecule is C=C(CCC(=O)c1n[nH]c2c1CN(C(=O)OC(C)(C)C)C(C)C2)CO[Si](c1ccccc1)(c1ccccc1)C(C)(C)C. The second kappa shape index (κ2) is 12.4. The minimum Gasteiger partial charge on any atom is -0.444 e. The van der Waals surface area contributed by atoms with E-state index in [2.05, 4.69) is 86.1 Å². The van der Waals surface area contributed by atoms with Crippen molar-refractivity contribution in [3.8, 4) is 0 Å². The summed E-state index contributed by atoms with van der Waals surface area (Å²) in [6.45, 7) is 19.2. The summed E-state index contributed by atoms with van der Waals surface area (Å²) in [5.74, 6) is -0.0715. The van der Waals surface area contributed by atoms with Gasteiger partial charge in [-0.05, 0) is 49.5 Å². The molecular weight excluding hydrogens is 542 g/mol. The summed E-state index contributed by atoms with van der Waals surface area (Å²) < 4.78 is 12.6. The fourth-order valence-corrected chi connectivity index (χ4v) is 10.3. The van der Waals surface area contributed by atoms with Gasteiger partial charge in [0.2, 0.25) is 0 Å². The molecule has 1 amide bonds. The van der Waals surface area contributed by atoms with E-state index in [1.54, 1.807) is 4.90 Å². The zero-order chi connectivity index (χ0) is 30.7. The highest BCUT2D eigenvalue weighted by molar-refractivity contribution is 6.99. The van der Waals surface area contributed by atoms with Crippen molar-refractivity contribution in [2.24, 2.45) is 0 Å². The number of H-pyrrole nitrogens is 1. The predicted octanol–water partition coefficient (Wildman–Crippen LogP) is 6.19. The lowest BCUT2D eigenvalue weighted by Crippen LogP contribution is -2.66. The number of rotatable bonds is 9. The van der Waals surface area contributed by atoms with Gasteiger partial charge in [0.25, 0.3) is 8.32 Å². The van der Waals surface area contributed by atoms with E-state index in [0.717, 1.165) is 16.8 Å². The molecule has 0 saturated carbocycles. The van der Waals surface area contributed by atoms with Crippen LogP contribution in [0.3, 0.4) is 0 Å². The summed E-state index contributed by atoms with van der Waals surface area (Å²) in [6.07, 6.45) is 0.968. The highest BCUT2D eigenvalue weighted by Crippen LogP contribution is 2.37. The molecule has 0 bridgehead atoms. The Morgan fingerprint density at radius 1 is 0.976 bits per heavy atom. The Morgan fingerprint density at radius 3 is 2.07 bits per heavy atom. The van der Waals surface area contributed by atoms with Gasteiger partial charge in [-0.15, -0.1) is 0 Å². The summed E-state index contributed by atoms with van der Waals surface area (Å²) in [6, 6.07) is 20.9. The molecule has 0 fully saturated rings. The number of aromatic amines is 1. The van der Waals surface area contributed by atoms with Crippen LogP contribution in [0.4, 0.5) is 4.79 Å². The second-order valence-corrected chi connectivity index (χ2v) is 17.6. The molecule has 1 aliphatic rings. The number of hydrogen-bond donors (Lipinski definition) is 1. The molecule has 1 aliphatic heterocycles. The molecule has 3 aromatic rings. The number of carbonyl (C=O) groups is 2. The minimum atomic E-state index is -2.70. The quantitative estimate of drug-likeness (QED) is 0.183. The molecule has 1 aromatic heterocycles. The first kappa shape index (κ1) is 31.4. The van der Waals surface area contributed by atoms with Crippen LogP contribution < -0.4 is 10.4 Å². The first-order chi connectivity index (χ1) is 19.7. The molecule has 224 valence electrons. The van der Waals surface area contributed by atoms with Gasteiger partial charge in [-0.25, -0.2) is 4.79 Å². The zero-order valence-corrected chi connectivity index (χ0v) is 27.1. The van der Waals surface area contributed by atoms with Crippen molar-refractivity contribution < 1.29 is 18.8 Å². The lowest BCUT2D eigenvalue weighted by atomic mass is 9.97. The summed E-state index contributed by atoms with van der Waals surface area (Å²) in [5, 5.41) is 9.68. The maximum absolute atomic E-state index is 13.4. The van der Waals surface area contributed by atoms with Crippen molar-refractivity contribution in [1.82, 2.24) is 15.1 Å². The molecule has 42 heavy (non-hydrogen) atoms. The maximum Gasteiger partial charge on any atom is 0.410 e. The van der Waals surface area contributed by atoms with Gasteiger partial charge in [-0.2, -0.15) is 5.10 Å². The van der Waals surface area contributed by atoms with Crippen molar-refractivity contribution >= 4 is 30.6 Å². The van der Waals surface area contributed by atoms with Gasteiger partial charge in [0, 0.05) is 30.1 Å². The largest absolute Gasteiger partial charge is 0.444 e. The minimum absolute atomic E-state index is 0.0610. The third-order valence-electron chi connectivity index (χ3n) is 7.82. The van der Waals surface area contributed by atoms with Gasteiger partial charge < -0.3 is 14.1 Å². The number of nitrogens with zero attached hydrogens (tertiary/aromatic N) is 2. The number of Topliss-reactive ketones (excluding diaryl/α,β-unsaturated/α-hetero) is 1. The molecule has 0 spiro atoms. The Bertz CT molecular complexity index is 1360. The van der Waals surface area contributed by atoms with E-state index in [4.69, 9.17) is 9.16 Å². The smallest absolute Gasteiger partial charge is 0.410 e. The first-order valence-corrected chi connectivity index (χ1v) is 16.6. The fourth-order valence-electron chi connectivity index (χ4n) is 5.72. The maximum atomic E-state index is 13.4. The van der Waals surface area contributed by atoms with Crippen LogP contribution in [0.2, 0.25) is 5.04 Å². The first-order valence-electron chi connectivity index (χ1n) is 14.7. The van der Waals surface area contributed by atoms with E-state index >= 15 is 0 Å². The van der Waals surface area contributed by atoms with E-state index in [0.29, 0.717) is 31.7 Å². The standard InChI is InChI=1S/C34H45N3O4Si/c1-24(23-40-42(34(6,7)8,26-15-11-9-12-16-26)27-17-13-10-14-18-27)19-20-30(38)31-28-22-37(32(39)41-33(3,4)5)25(2)21-29(28)35-36-31/h9-18,25H,1,19-23H2,2-8H3,(H,35,36). The van der Waals surface area contributed by atoms with Gasteiger partial charge in [0.1, 0.15) is 11.3 Å². The van der Waals surface area contributed by atoms with Crippen molar-refractivity contribution in [2.75, 3.05) is 6.61 Å². The number of aromatic nitrogens is 2. The number of fused-ring (bicyclic) bond motifs is 1. The Balaban J connectivity index is 1.46. The average Bonchev–Trinajstić information content (AvgIpc) is 3.33. The Morgan fingerprint density at radius 2 is 1.55 bits per heavy atom. The number of ketones is 1. The highest BCUT2D eigenvalue weighted by atomic mass is 28.4. The van der Waals surface area contributed by atoms with Crippen molar-refractivity contribution in [3.63, 3.8) is 0 Å². The van der Waals surface area contributed by atoms with E-state index in [1.807, 2.05) is 39.8 Å². The molecule has 0 saturated heterocycles. The van der Waals surface area contributed by atoms with Crippen molar-refractivity contribution in [2.45, 2.75) is 91.0 Å². The lowest BCUT2D eigenvalue weighted by molar-refractivity contribution is 0.0136. The van der Waals surface area contributed by atoms with Crippen LogP contribution in [0, 0.1) is 0 Å². The second-order valence-electron chi connectivity index (χ2n) is 13.3. The van der Waals surface area contributed by atoms with Gasteiger partial charge in [0.05, 0.1) is 13.2 Å². The molecule has 4 rings (SSSR count). The normalized spacial score (nSPS) is 15.7. The fraction of sp³-hybridized carbons (Fsp3) is 0.441. The summed E-state index contributed by atoms with van der Waals surface area (Å²) in [7, 11) is -2.70. The van der Waals surface area contributed by atoms with Crippen LogP contribution in [0.15, 0.2) is 72.8 Å². The third kappa shape index (κ3) is 6.76. The molecule has 8 heteroatoms. The molecule has 2 aromatic carbocycles. The van der Waals surface area contributed by atoms with Crippen LogP contribution >= 0.6 is 0 Å². The Labute approximate surface area is 251 Å². The molecule has 1 atom stereocenters. The number of ether oxygens (including phenoxy) is 1. The van der Waals surface area contributed by atoms with Crippen LogP contribution in [-0.4, -0.2) is 53.5 Å². The molecule has 1 unspecified atom stereocenters. The van der Waals surface area contributed by atoms with Crippen LogP contribution in [0.1, 0.15) is 83.1 Å². The number of benzene rings is 2. The van der Waals surface area contributed by atoms with Gasteiger partial charge >= 0.3 is 6.09 Å². The summed E-state index contributed by atoms with van der Waals surface area (Å²) in [5.41, 5.74) is 2.34. The molecule has 0 radical (unpaired) electrons. The molecule has 2 heterocycles. The average molecular weight is 588 g/mol. The molecular formula is C34H45N3O4Si. The summed E-state index contributed by atoms with van der Waals surface area (Å²) in [4.78, 5) is 27.9. The summed E-state index contributed by atoms with van der Waals surface area (Å²) >= 11 is 0. The zero-order valence-electron chi connectivity index (χ0n) is 26.1. The van der Waals surface area contributed by atoms with Crippen LogP contribution in [0.5, 0.6) is 0 Å². The van der Waals surface area contributed by atoms with Crippen molar-refractivity contribution in [1.29, 1.82) is 0 Å². The van der Waals surface area contributed by atoms with Crippen LogP contribution in [0.25, 0.3) is 0 Å². The van der Waals surface area contributed by atoms with Crippen LogP contribution in [-0.2, 0) is 22.1 Å². The van der Waals surface area contributed by atoms with E-state index in [9.17, 15) is 9.59 Å². The Kier molecular flexibility index (Phi) is 9.28. The third-order valence-corrected chi connectivity index (χ3v) is 12.8. The van der Waals surface area contributed by atoms with E-state index in [-0.39, 0.29) is 29.4 Å². The number of amides is 1. The number of nitrogens with one attached hydrogen (secondary N) is 1. The van der Waals surface area contributed by atoms with Gasteiger partial charge in [0.15, 0.2) is 5.78 Å². The monoisotopic (exact) mass is 587 g/mol. The highest BCUT2D eigenvalue weighted by Gasteiger charge is 2.50. The van der Waals surface area contributed by atoms with Crippen molar-refractivity contribution in [3.05, 3.63) is 89.8 Å². The predicted molar refractivity (Wildman–Crippen MR) is 170 cm³/mol. The van der Waals surface area contributed by atoms with E-state index in [1.165, 1.54) is 10.4 Å². The number of hydrogen-bond acceptors (Lipinski definition) is 5. The molecule has 7 nitrogen and oxygen atoms in total.